The highest BCUT2D eigenvalue weighted by molar-refractivity contribution is 7.10. The summed E-state index contributed by atoms with van der Waals surface area (Å²) in [7, 11) is 0. The van der Waals surface area contributed by atoms with E-state index in [1.165, 1.54) is 5.56 Å². The number of hydrogen-bond donors (Lipinski definition) is 2. The molecule has 4 N–H and O–H groups in total. The highest BCUT2D eigenvalue weighted by atomic mass is 32.1. The molecule has 0 fully saturated rings. The van der Waals surface area contributed by atoms with Gasteiger partial charge < -0.3 is 5.11 Å². The van der Waals surface area contributed by atoms with E-state index in [0.717, 1.165) is 27.2 Å². The molecule has 0 aliphatic carbocycles. The highest BCUT2D eigenvalue weighted by Gasteiger charge is 2.26. The molecule has 0 aliphatic rings. The van der Waals surface area contributed by atoms with Crippen LogP contribution in [0.3, 0.4) is 0 Å². The Hall–Kier alpha value is -2.92. The number of aromatic nitrogens is 2. The lowest BCUT2D eigenvalue weighted by atomic mass is 10.0. The van der Waals surface area contributed by atoms with Crippen LogP contribution < -0.4 is 15.3 Å². The van der Waals surface area contributed by atoms with Gasteiger partial charge in [0.15, 0.2) is 18.0 Å². The Morgan fingerprint density at radius 3 is 2.76 bits per heavy atom. The Bertz CT molecular complexity index is 1010. The van der Waals surface area contributed by atoms with Gasteiger partial charge >= 0.3 is 0 Å². The number of thiophene rings is 1. The standard InChI is InChI=1S/C20H17N3OS/c1-13-8-10-21-17(12-13)23-19(16-5-3-11-25-16)15-7-6-14-4-2-9-22-18(14)20(15)24/h2-12,19,24H,1H3,(H,21,23)/p+2. The molecular formula is C20H19N3OS+2. The first-order chi connectivity index (χ1) is 12.2. The van der Waals surface area contributed by atoms with Gasteiger partial charge in [0, 0.05) is 12.1 Å². The molecule has 3 aromatic heterocycles. The summed E-state index contributed by atoms with van der Waals surface area (Å²) in [6, 6.07) is 16.0. The fraction of sp³-hybridized carbons (Fsp3) is 0.100. The van der Waals surface area contributed by atoms with Crippen LogP contribution >= 0.6 is 11.3 Å². The van der Waals surface area contributed by atoms with Gasteiger partial charge in [0.2, 0.25) is 0 Å². The maximum absolute atomic E-state index is 10.9. The predicted octanol–water partition coefficient (Wildman–Crippen LogP) is 3.75. The maximum atomic E-state index is 10.9. The average molecular weight is 349 g/mol. The fourth-order valence-corrected chi connectivity index (χ4v) is 3.80. The number of aromatic amines is 2. The van der Waals surface area contributed by atoms with Crippen LogP contribution in [0.1, 0.15) is 22.0 Å². The van der Waals surface area contributed by atoms with Crippen molar-refractivity contribution in [1.82, 2.24) is 0 Å². The van der Waals surface area contributed by atoms with Crippen molar-refractivity contribution in [3.63, 3.8) is 0 Å². The summed E-state index contributed by atoms with van der Waals surface area (Å²) in [5, 5.41) is 17.4. The lowest BCUT2D eigenvalue weighted by Gasteiger charge is -2.15. The first-order valence-electron chi connectivity index (χ1n) is 8.13. The number of nitrogens with one attached hydrogen (secondary N) is 3. The Labute approximate surface area is 149 Å². The van der Waals surface area contributed by atoms with Crippen LogP contribution in [-0.4, -0.2) is 5.11 Å². The van der Waals surface area contributed by atoms with E-state index < -0.39 is 0 Å². The Balaban J connectivity index is 1.83. The molecule has 1 atom stereocenters. The fourth-order valence-electron chi connectivity index (χ4n) is 3.01. The second-order valence-corrected chi connectivity index (χ2v) is 6.99. The van der Waals surface area contributed by atoms with Crippen molar-refractivity contribution in [2.45, 2.75) is 13.0 Å². The van der Waals surface area contributed by atoms with Gasteiger partial charge in [0.25, 0.3) is 11.3 Å². The number of hydrogen-bond acceptors (Lipinski definition) is 3. The van der Waals surface area contributed by atoms with Gasteiger partial charge in [-0.25, -0.2) is 9.97 Å². The molecule has 25 heavy (non-hydrogen) atoms. The Kier molecular flexibility index (Phi) is 4.07. The minimum absolute atomic E-state index is 0.143. The molecule has 1 aromatic carbocycles. The molecule has 0 saturated heterocycles. The van der Waals surface area contributed by atoms with Crippen LogP contribution in [0, 0.1) is 6.92 Å². The van der Waals surface area contributed by atoms with Crippen LogP contribution in [0.4, 0.5) is 5.82 Å². The molecule has 4 nitrogen and oxygen atoms in total. The van der Waals surface area contributed by atoms with Gasteiger partial charge in [0.1, 0.15) is 0 Å². The molecule has 0 amide bonds. The first-order valence-corrected chi connectivity index (χ1v) is 9.01. The number of pyridine rings is 2. The van der Waals surface area contributed by atoms with E-state index in [1.54, 1.807) is 11.3 Å². The number of aryl methyl sites for hydroxylation is 1. The number of aromatic hydroxyl groups is 1. The third-order valence-corrected chi connectivity index (χ3v) is 5.17. The van der Waals surface area contributed by atoms with E-state index >= 15 is 0 Å². The average Bonchev–Trinajstić information content (AvgIpc) is 3.15. The molecule has 0 radical (unpaired) electrons. The maximum Gasteiger partial charge on any atom is 0.273 e. The highest BCUT2D eigenvalue weighted by Crippen LogP contribution is 2.36. The topological polar surface area (TPSA) is 60.5 Å². The van der Waals surface area contributed by atoms with Crippen LogP contribution in [-0.2, 0) is 0 Å². The third-order valence-electron chi connectivity index (χ3n) is 4.24. The Morgan fingerprint density at radius 1 is 1.04 bits per heavy atom. The molecule has 4 aromatic rings. The van der Waals surface area contributed by atoms with E-state index in [-0.39, 0.29) is 11.8 Å². The third kappa shape index (κ3) is 3.06. The molecular weight excluding hydrogens is 330 g/mol. The first kappa shape index (κ1) is 15.6. The molecule has 1 unspecified atom stereocenters. The van der Waals surface area contributed by atoms with E-state index in [9.17, 15) is 5.11 Å². The van der Waals surface area contributed by atoms with Crippen LogP contribution in [0.2, 0.25) is 0 Å². The molecule has 0 saturated carbocycles. The zero-order valence-electron chi connectivity index (χ0n) is 13.8. The van der Waals surface area contributed by atoms with E-state index in [1.807, 2.05) is 54.2 Å². The molecule has 0 aliphatic heterocycles. The van der Waals surface area contributed by atoms with Crippen molar-refractivity contribution in [1.29, 1.82) is 0 Å². The van der Waals surface area contributed by atoms with Gasteiger partial charge in [-0.2, -0.15) is 0 Å². The van der Waals surface area contributed by atoms with Gasteiger partial charge in [-0.3, -0.25) is 5.32 Å². The van der Waals surface area contributed by atoms with Crippen LogP contribution in [0.15, 0.2) is 66.3 Å². The number of H-pyrrole nitrogens is 2. The van der Waals surface area contributed by atoms with Gasteiger partial charge in [-0.1, -0.05) is 6.07 Å². The second kappa shape index (κ2) is 6.53. The summed E-state index contributed by atoms with van der Waals surface area (Å²) in [4.78, 5) is 7.52. The van der Waals surface area contributed by atoms with Crippen molar-refractivity contribution in [2.24, 2.45) is 0 Å². The number of phenolic OH excluding ortho intramolecular Hbond substituents is 1. The quantitative estimate of drug-likeness (QED) is 0.589. The molecule has 5 heteroatoms. The molecule has 124 valence electrons. The molecule has 0 spiro atoms. The van der Waals surface area contributed by atoms with Gasteiger partial charge in [0.05, 0.1) is 22.0 Å². The minimum atomic E-state index is -0.143. The summed E-state index contributed by atoms with van der Waals surface area (Å²) in [5.41, 5.74) is 2.76. The summed E-state index contributed by atoms with van der Waals surface area (Å²) >= 11 is 1.67. The van der Waals surface area contributed by atoms with Crippen molar-refractivity contribution in [3.8, 4) is 5.75 Å². The molecule has 0 bridgehead atoms. The Morgan fingerprint density at radius 2 is 1.96 bits per heavy atom. The van der Waals surface area contributed by atoms with E-state index in [0.29, 0.717) is 0 Å². The summed E-state index contributed by atoms with van der Waals surface area (Å²) < 4.78 is 0. The number of benzene rings is 1. The van der Waals surface area contributed by atoms with E-state index in [4.69, 9.17) is 0 Å². The molecule has 3 heterocycles. The largest absolute Gasteiger partial charge is 0.502 e. The van der Waals surface area contributed by atoms with Crippen molar-refractivity contribution in [2.75, 3.05) is 5.32 Å². The zero-order chi connectivity index (χ0) is 17.2. The second-order valence-electron chi connectivity index (χ2n) is 6.01. The normalized spacial score (nSPS) is 12.2. The zero-order valence-corrected chi connectivity index (χ0v) is 14.6. The summed E-state index contributed by atoms with van der Waals surface area (Å²) in [5.74, 6) is 1.19. The number of fused-ring (bicyclic) bond motifs is 1. The summed E-state index contributed by atoms with van der Waals surface area (Å²) in [6.45, 7) is 2.06. The lowest BCUT2D eigenvalue weighted by molar-refractivity contribution is -0.361. The van der Waals surface area contributed by atoms with E-state index in [2.05, 4.69) is 34.3 Å². The summed E-state index contributed by atoms with van der Waals surface area (Å²) in [6.07, 6.45) is 3.74. The van der Waals surface area contributed by atoms with Crippen molar-refractivity contribution >= 4 is 28.1 Å². The lowest BCUT2D eigenvalue weighted by Crippen LogP contribution is -2.19. The minimum Gasteiger partial charge on any atom is -0.502 e. The number of phenols is 1. The van der Waals surface area contributed by atoms with Crippen molar-refractivity contribution < 1.29 is 15.1 Å². The monoisotopic (exact) mass is 349 g/mol. The van der Waals surface area contributed by atoms with Crippen LogP contribution in [0.25, 0.3) is 10.9 Å². The number of rotatable bonds is 4. The molecule has 4 rings (SSSR count). The SMILES string of the molecule is Cc1cc[nH+]c(NC(c2cccs2)c2ccc3ccc[nH+]c3c2O)c1. The van der Waals surface area contributed by atoms with Gasteiger partial charge in [-0.05, 0) is 48.2 Å². The van der Waals surface area contributed by atoms with Gasteiger partial charge in [-0.15, -0.1) is 11.3 Å². The van der Waals surface area contributed by atoms with Crippen molar-refractivity contribution in [3.05, 3.63) is 82.3 Å². The number of anilines is 1. The van der Waals surface area contributed by atoms with Crippen LogP contribution in [0.5, 0.6) is 5.75 Å². The predicted molar refractivity (Wildman–Crippen MR) is 99.7 cm³/mol. The smallest absolute Gasteiger partial charge is 0.273 e.